The number of nitrogens with zero attached hydrogens (tertiary/aromatic N) is 3. The first kappa shape index (κ1) is 40.0. The van der Waals surface area contributed by atoms with Gasteiger partial charge >= 0.3 is 12.1 Å². The molecule has 1 aromatic heterocycles. The molecule has 17 heteroatoms. The van der Waals surface area contributed by atoms with Crippen LogP contribution in [-0.2, 0) is 58.3 Å². The Bertz CT molecular complexity index is 1950. The summed E-state index contributed by atoms with van der Waals surface area (Å²) in [6, 6.07) is 7.30. The van der Waals surface area contributed by atoms with Crippen molar-refractivity contribution in [3.8, 4) is 0 Å². The highest BCUT2D eigenvalue weighted by Gasteiger charge is 2.27. The number of aromatic nitrogens is 3. The molecule has 2 heterocycles. The molecule has 0 spiro atoms. The van der Waals surface area contributed by atoms with Crippen molar-refractivity contribution in [2.24, 2.45) is 0 Å². The second-order valence-corrected chi connectivity index (χ2v) is 17.6. The molecule has 2 aliphatic carbocycles. The maximum atomic E-state index is 13.2. The number of carbonyl (C=O) groups is 4. The molecule has 0 unspecified atom stereocenters. The number of anilines is 2. The third-order valence-electron chi connectivity index (χ3n) is 10.1. The van der Waals surface area contributed by atoms with E-state index < -0.39 is 16.1 Å². The van der Waals surface area contributed by atoms with Gasteiger partial charge in [-0.1, -0.05) is 30.7 Å². The van der Waals surface area contributed by atoms with Gasteiger partial charge in [-0.3, -0.25) is 14.3 Å². The Labute approximate surface area is 326 Å². The number of amides is 6. The smallest absolute Gasteiger partial charge is 0.333 e. The van der Waals surface area contributed by atoms with Crippen LogP contribution in [0.1, 0.15) is 86.2 Å². The molecule has 3 aromatic rings. The summed E-state index contributed by atoms with van der Waals surface area (Å²) in [6.07, 6.45) is 11.9. The van der Waals surface area contributed by atoms with E-state index in [0.717, 1.165) is 80.4 Å². The largest absolute Gasteiger partial charge is 0.356 e. The third-order valence-corrected chi connectivity index (χ3v) is 12.9. The zero-order chi connectivity index (χ0) is 38.8. The van der Waals surface area contributed by atoms with Crippen LogP contribution in [0.4, 0.5) is 21.0 Å². The minimum absolute atomic E-state index is 0.0310. The van der Waals surface area contributed by atoms with Crippen LogP contribution in [0.5, 0.6) is 0 Å². The molecule has 0 saturated carbocycles. The normalized spacial score (nSPS) is 16.5. The van der Waals surface area contributed by atoms with Gasteiger partial charge in [0.05, 0.1) is 16.6 Å². The number of carbonyl (C=O) groups excluding carboxylic acids is 4. The maximum Gasteiger partial charge on any atom is 0.333 e. The summed E-state index contributed by atoms with van der Waals surface area (Å²) in [5, 5.41) is 23.0. The van der Waals surface area contributed by atoms with Crippen molar-refractivity contribution in [1.82, 2.24) is 35.7 Å². The van der Waals surface area contributed by atoms with Crippen molar-refractivity contribution in [3.63, 3.8) is 0 Å². The molecule has 1 fully saturated rings. The van der Waals surface area contributed by atoms with Crippen LogP contribution in [0.3, 0.4) is 0 Å². The number of nitrogens with one attached hydrogen (secondary N) is 6. The van der Waals surface area contributed by atoms with Crippen molar-refractivity contribution in [1.29, 1.82) is 0 Å². The highest BCUT2D eigenvalue weighted by atomic mass is 32.2. The molecule has 6 rings (SSSR count). The number of rotatable bonds is 19. The summed E-state index contributed by atoms with van der Waals surface area (Å²) < 4.78 is 30.2. The Hall–Kier alpha value is -4.64. The molecule has 296 valence electrons. The zero-order valence-electron chi connectivity index (χ0n) is 31.2. The van der Waals surface area contributed by atoms with Gasteiger partial charge in [0.15, 0.2) is 0 Å². The van der Waals surface area contributed by atoms with Gasteiger partial charge in [-0.2, -0.15) is 11.8 Å². The van der Waals surface area contributed by atoms with E-state index in [-0.39, 0.29) is 40.9 Å². The number of thioether (sulfide) groups is 1. The van der Waals surface area contributed by atoms with E-state index in [9.17, 15) is 27.6 Å². The molecule has 3 aliphatic rings. The van der Waals surface area contributed by atoms with E-state index >= 15 is 0 Å². The Kier molecular flexibility index (Phi) is 13.7. The summed E-state index contributed by atoms with van der Waals surface area (Å²) in [5.41, 5.74) is 6.35. The van der Waals surface area contributed by atoms with Crippen molar-refractivity contribution in [3.05, 3.63) is 64.5 Å². The molecule has 6 amide bonds. The lowest BCUT2D eigenvalue weighted by Gasteiger charge is -2.16. The van der Waals surface area contributed by atoms with Crippen molar-refractivity contribution < 1.29 is 27.6 Å². The Balaban J connectivity index is 0.860. The third kappa shape index (κ3) is 11.4. The van der Waals surface area contributed by atoms with E-state index in [2.05, 4.69) is 54.6 Å². The Morgan fingerprint density at radius 2 is 1.76 bits per heavy atom. The van der Waals surface area contributed by atoms with Gasteiger partial charge in [0, 0.05) is 67.5 Å². The molecule has 0 bridgehead atoms. The van der Waals surface area contributed by atoms with Gasteiger partial charge in [0.25, 0.3) is 10.0 Å². The topological polar surface area (TPSA) is 205 Å². The van der Waals surface area contributed by atoms with Gasteiger partial charge in [0.2, 0.25) is 11.8 Å². The van der Waals surface area contributed by atoms with Crippen molar-refractivity contribution in [2.45, 2.75) is 113 Å². The number of urea groups is 2. The quantitative estimate of drug-likeness (QED) is 0.0961. The zero-order valence-corrected chi connectivity index (χ0v) is 32.9. The summed E-state index contributed by atoms with van der Waals surface area (Å²) in [6.45, 7) is 3.94. The molecule has 1 saturated heterocycles. The lowest BCUT2D eigenvalue weighted by molar-refractivity contribution is -0.121. The van der Waals surface area contributed by atoms with Crippen LogP contribution < -0.4 is 31.3 Å². The monoisotopic (exact) mass is 793 g/mol. The molecule has 0 radical (unpaired) electrons. The van der Waals surface area contributed by atoms with Crippen LogP contribution in [0.25, 0.3) is 0 Å². The minimum Gasteiger partial charge on any atom is -0.356 e. The van der Waals surface area contributed by atoms with Crippen LogP contribution in [-0.4, -0.2) is 77.4 Å². The lowest BCUT2D eigenvalue weighted by Crippen LogP contribution is -2.35. The van der Waals surface area contributed by atoms with E-state index in [1.165, 1.54) is 29.3 Å². The van der Waals surface area contributed by atoms with Crippen molar-refractivity contribution in [2.75, 3.05) is 29.5 Å². The van der Waals surface area contributed by atoms with Crippen LogP contribution in [0, 0.1) is 0 Å². The molecule has 1 aliphatic heterocycles. The number of sulfonamides is 1. The molecule has 15 nitrogen and oxygen atoms in total. The molecule has 2 atom stereocenters. The second-order valence-electron chi connectivity index (χ2n) is 14.5. The highest BCUT2D eigenvalue weighted by molar-refractivity contribution is 7.99. The van der Waals surface area contributed by atoms with Crippen molar-refractivity contribution >= 4 is 57.0 Å². The average Bonchev–Trinajstić information content (AvgIpc) is 3.98. The number of hydrogen-bond donors (Lipinski definition) is 6. The Morgan fingerprint density at radius 3 is 2.51 bits per heavy atom. The summed E-state index contributed by atoms with van der Waals surface area (Å²) in [5.74, 6) is 0.590. The predicted octanol–water partition coefficient (Wildman–Crippen LogP) is 4.21. The summed E-state index contributed by atoms with van der Waals surface area (Å²) >= 11 is 1.84. The number of aryl methyl sites for hydroxylation is 4. The first-order valence-electron chi connectivity index (χ1n) is 19.2. The predicted molar refractivity (Wildman–Crippen MR) is 212 cm³/mol. The molecular weight excluding hydrogens is 743 g/mol. The van der Waals surface area contributed by atoms with E-state index in [1.807, 2.05) is 11.8 Å². The number of unbranched alkanes of at least 4 members (excludes halogenated alkanes) is 1. The van der Waals surface area contributed by atoms with E-state index in [0.29, 0.717) is 49.8 Å². The van der Waals surface area contributed by atoms with Gasteiger partial charge in [-0.15, -0.1) is 5.10 Å². The fourth-order valence-corrected chi connectivity index (χ4v) is 9.35. The van der Waals surface area contributed by atoms with Crippen LogP contribution in [0.2, 0.25) is 0 Å². The standard InChI is InChI=1S/C38H51N9O6S2/c1-25(54-24-30-22-40-37(50)42-30)8-2-3-15-34(48)39-18-7-19-47-23-29(44-46-47)16-17-35(49)41-28-11-6-12-31(21-28)55(52,53)45-38(51)43-36-32-13-4-9-26(32)20-27-10-5-14-33(27)36/h6,11-12,20-21,23,25,30H,2-5,7-10,13-19,22,24H2,1H3,(H,39,48)(H,41,49)(H2,40,42,50)(H2,43,45,51)/t25-,30-/m1/s1. The van der Waals surface area contributed by atoms with Crippen LogP contribution in [0.15, 0.2) is 41.4 Å². The molecular formula is C38H51N9O6S2. The van der Waals surface area contributed by atoms with Gasteiger partial charge < -0.3 is 26.6 Å². The lowest BCUT2D eigenvalue weighted by atomic mass is 9.99. The summed E-state index contributed by atoms with van der Waals surface area (Å²) in [4.78, 5) is 49.1. The minimum atomic E-state index is -4.22. The number of fused-ring (bicyclic) bond motifs is 2. The number of benzene rings is 2. The van der Waals surface area contributed by atoms with E-state index in [4.69, 9.17) is 0 Å². The van der Waals surface area contributed by atoms with Crippen LogP contribution >= 0.6 is 11.8 Å². The average molecular weight is 794 g/mol. The highest BCUT2D eigenvalue weighted by Crippen LogP contribution is 2.38. The Morgan fingerprint density at radius 1 is 0.982 bits per heavy atom. The molecule has 6 N–H and O–H groups in total. The van der Waals surface area contributed by atoms with E-state index in [1.54, 1.807) is 16.9 Å². The fraction of sp³-hybridized carbons (Fsp3) is 0.526. The summed E-state index contributed by atoms with van der Waals surface area (Å²) in [7, 11) is -4.22. The SMILES string of the molecule is C[C@H](CCCCC(=O)NCCCn1cc(CCC(=O)Nc2cccc(S(=O)(=O)NC(=O)Nc3c4c(cc5c3CCC5)CCC4)c2)nn1)SC[C@H]1CNC(=O)N1. The molecule has 55 heavy (non-hydrogen) atoms. The van der Waals surface area contributed by atoms with Gasteiger partial charge in [-0.05, 0) is 98.2 Å². The number of hydrogen-bond acceptors (Lipinski definition) is 9. The first-order chi connectivity index (χ1) is 26.5. The van der Waals surface area contributed by atoms with Gasteiger partial charge in [0.1, 0.15) is 0 Å². The van der Waals surface area contributed by atoms with Gasteiger partial charge in [-0.25, -0.2) is 22.7 Å². The fourth-order valence-electron chi connectivity index (χ4n) is 7.30. The first-order valence-corrected chi connectivity index (χ1v) is 21.8. The second kappa shape index (κ2) is 18.8. The molecule has 2 aromatic carbocycles. The maximum absolute atomic E-state index is 13.2.